The maximum absolute atomic E-state index is 13.5. The summed E-state index contributed by atoms with van der Waals surface area (Å²) in [5.74, 6) is -2.01. The number of hydrogen-bond acceptors (Lipinski definition) is 1. The Kier molecular flexibility index (Phi) is 5.07. The van der Waals surface area contributed by atoms with Crippen LogP contribution in [0.3, 0.4) is 0 Å². The minimum absolute atomic E-state index is 0.0896. The SMILES string of the molecule is Cc1c(Br)cccc1NC(=O)CCc1cccc(F)c1F. The topological polar surface area (TPSA) is 29.1 Å². The summed E-state index contributed by atoms with van der Waals surface area (Å²) < 4.78 is 27.4. The van der Waals surface area contributed by atoms with Crippen LogP contribution < -0.4 is 5.32 Å². The van der Waals surface area contributed by atoms with Gasteiger partial charge in [-0.3, -0.25) is 4.79 Å². The molecule has 0 unspecified atom stereocenters. The molecule has 2 aromatic carbocycles. The number of aryl methyl sites for hydroxylation is 1. The molecule has 2 rings (SSSR count). The number of carbonyl (C=O) groups is 1. The number of hydrogen-bond donors (Lipinski definition) is 1. The average molecular weight is 354 g/mol. The van der Waals surface area contributed by atoms with E-state index in [1.54, 1.807) is 6.07 Å². The lowest BCUT2D eigenvalue weighted by Gasteiger charge is -2.10. The number of carbonyl (C=O) groups excluding carboxylic acids is 1. The van der Waals surface area contributed by atoms with Crippen LogP contribution in [0.25, 0.3) is 0 Å². The molecule has 110 valence electrons. The first kappa shape index (κ1) is 15.6. The minimum Gasteiger partial charge on any atom is -0.326 e. The summed E-state index contributed by atoms with van der Waals surface area (Å²) in [6.07, 6.45) is 0.245. The lowest BCUT2D eigenvalue weighted by atomic mass is 10.1. The largest absolute Gasteiger partial charge is 0.326 e. The molecule has 0 bridgehead atoms. The van der Waals surface area contributed by atoms with Crippen LogP contribution in [0.4, 0.5) is 14.5 Å². The number of anilines is 1. The third-order valence-electron chi connectivity index (χ3n) is 3.19. The quantitative estimate of drug-likeness (QED) is 0.854. The van der Waals surface area contributed by atoms with E-state index in [2.05, 4.69) is 21.2 Å². The van der Waals surface area contributed by atoms with Crippen LogP contribution in [0.2, 0.25) is 0 Å². The summed E-state index contributed by atoms with van der Waals surface area (Å²) in [6, 6.07) is 9.47. The highest BCUT2D eigenvalue weighted by Crippen LogP contribution is 2.23. The van der Waals surface area contributed by atoms with Gasteiger partial charge in [-0.2, -0.15) is 0 Å². The molecule has 0 heterocycles. The molecule has 0 saturated carbocycles. The monoisotopic (exact) mass is 353 g/mol. The average Bonchev–Trinajstić information content (AvgIpc) is 2.45. The molecule has 1 amide bonds. The first-order valence-corrected chi connectivity index (χ1v) is 7.26. The summed E-state index contributed by atoms with van der Waals surface area (Å²) in [6.45, 7) is 1.88. The molecule has 0 aliphatic rings. The van der Waals surface area contributed by atoms with Crippen LogP contribution in [0.1, 0.15) is 17.5 Å². The van der Waals surface area contributed by atoms with Gasteiger partial charge in [0, 0.05) is 16.6 Å². The lowest BCUT2D eigenvalue weighted by molar-refractivity contribution is -0.116. The molecule has 0 spiro atoms. The van der Waals surface area contributed by atoms with Crippen molar-refractivity contribution in [1.29, 1.82) is 0 Å². The molecule has 0 fully saturated rings. The highest BCUT2D eigenvalue weighted by molar-refractivity contribution is 9.10. The number of halogens is 3. The Bertz CT molecular complexity index is 673. The first-order valence-electron chi connectivity index (χ1n) is 6.47. The van der Waals surface area contributed by atoms with Crippen LogP contribution >= 0.6 is 15.9 Å². The zero-order valence-corrected chi connectivity index (χ0v) is 13.0. The van der Waals surface area contributed by atoms with Crippen molar-refractivity contribution in [1.82, 2.24) is 0 Å². The normalized spacial score (nSPS) is 10.5. The number of nitrogens with one attached hydrogen (secondary N) is 1. The number of amides is 1. The number of rotatable bonds is 4. The van der Waals surface area contributed by atoms with Gasteiger partial charge in [0.2, 0.25) is 5.91 Å². The second kappa shape index (κ2) is 6.80. The van der Waals surface area contributed by atoms with E-state index in [9.17, 15) is 13.6 Å². The van der Waals surface area contributed by atoms with E-state index in [-0.39, 0.29) is 24.3 Å². The van der Waals surface area contributed by atoms with Gasteiger partial charge in [0.15, 0.2) is 11.6 Å². The van der Waals surface area contributed by atoms with Gasteiger partial charge in [-0.15, -0.1) is 0 Å². The number of benzene rings is 2. The smallest absolute Gasteiger partial charge is 0.224 e. The third kappa shape index (κ3) is 3.88. The molecule has 2 aromatic rings. The maximum atomic E-state index is 13.5. The third-order valence-corrected chi connectivity index (χ3v) is 4.05. The predicted octanol–water partition coefficient (Wildman–Crippen LogP) is 4.61. The van der Waals surface area contributed by atoms with Crippen molar-refractivity contribution in [3.8, 4) is 0 Å². The Labute approximate surface area is 130 Å². The summed E-state index contributed by atoms with van der Waals surface area (Å²) in [4.78, 5) is 11.9. The van der Waals surface area contributed by atoms with E-state index in [1.165, 1.54) is 12.1 Å². The standard InChI is InChI=1S/C16H14BrF2NO/c1-10-12(17)5-3-7-14(10)20-15(21)9-8-11-4-2-6-13(18)16(11)19/h2-7H,8-9H2,1H3,(H,20,21). The van der Waals surface area contributed by atoms with Gasteiger partial charge in [-0.25, -0.2) is 8.78 Å². The molecular weight excluding hydrogens is 340 g/mol. The summed E-state index contributed by atoms with van der Waals surface area (Å²) in [5.41, 5.74) is 1.83. The molecule has 0 saturated heterocycles. The van der Waals surface area contributed by atoms with E-state index >= 15 is 0 Å². The molecule has 0 atom stereocenters. The molecule has 0 aliphatic carbocycles. The highest BCUT2D eigenvalue weighted by Gasteiger charge is 2.11. The molecular formula is C16H14BrF2NO. The molecule has 21 heavy (non-hydrogen) atoms. The van der Waals surface area contributed by atoms with Crippen LogP contribution in [-0.2, 0) is 11.2 Å². The van der Waals surface area contributed by atoms with Crippen LogP contribution in [0, 0.1) is 18.6 Å². The van der Waals surface area contributed by atoms with E-state index in [0.29, 0.717) is 5.69 Å². The van der Waals surface area contributed by atoms with Crippen LogP contribution in [0.5, 0.6) is 0 Å². The van der Waals surface area contributed by atoms with E-state index in [4.69, 9.17) is 0 Å². The van der Waals surface area contributed by atoms with Gasteiger partial charge < -0.3 is 5.32 Å². The van der Waals surface area contributed by atoms with Crippen molar-refractivity contribution >= 4 is 27.5 Å². The zero-order valence-electron chi connectivity index (χ0n) is 11.4. The molecule has 0 aliphatic heterocycles. The van der Waals surface area contributed by atoms with Crippen molar-refractivity contribution in [2.75, 3.05) is 5.32 Å². The Morgan fingerprint density at radius 1 is 1.19 bits per heavy atom. The van der Waals surface area contributed by atoms with E-state index in [0.717, 1.165) is 16.1 Å². The Morgan fingerprint density at radius 3 is 2.67 bits per heavy atom. The maximum Gasteiger partial charge on any atom is 0.224 e. The molecule has 5 heteroatoms. The second-order valence-electron chi connectivity index (χ2n) is 4.67. The van der Waals surface area contributed by atoms with Gasteiger partial charge in [0.25, 0.3) is 0 Å². The Morgan fingerprint density at radius 2 is 1.90 bits per heavy atom. The van der Waals surface area contributed by atoms with Crippen LogP contribution in [-0.4, -0.2) is 5.91 Å². The Balaban J connectivity index is 1.99. The van der Waals surface area contributed by atoms with Crippen LogP contribution in [0.15, 0.2) is 40.9 Å². The molecule has 0 radical (unpaired) electrons. The first-order chi connectivity index (χ1) is 9.99. The molecule has 2 nitrogen and oxygen atoms in total. The zero-order chi connectivity index (χ0) is 15.4. The van der Waals surface area contributed by atoms with Gasteiger partial charge >= 0.3 is 0 Å². The van der Waals surface area contributed by atoms with E-state index < -0.39 is 11.6 Å². The van der Waals surface area contributed by atoms with Gasteiger partial charge in [-0.05, 0) is 42.7 Å². The minimum atomic E-state index is -0.893. The fraction of sp³-hybridized carbons (Fsp3) is 0.188. The fourth-order valence-corrected chi connectivity index (χ4v) is 2.31. The fourth-order valence-electron chi connectivity index (χ4n) is 1.95. The molecule has 1 N–H and O–H groups in total. The van der Waals surface area contributed by atoms with E-state index in [1.807, 2.05) is 19.1 Å². The summed E-state index contributed by atoms with van der Waals surface area (Å²) in [5, 5.41) is 2.77. The summed E-state index contributed by atoms with van der Waals surface area (Å²) in [7, 11) is 0. The van der Waals surface area contributed by atoms with Gasteiger partial charge in [0.1, 0.15) is 0 Å². The second-order valence-corrected chi connectivity index (χ2v) is 5.53. The summed E-state index contributed by atoms with van der Waals surface area (Å²) >= 11 is 3.39. The van der Waals surface area contributed by atoms with Gasteiger partial charge in [0.05, 0.1) is 0 Å². The van der Waals surface area contributed by atoms with Gasteiger partial charge in [-0.1, -0.05) is 34.1 Å². The van der Waals surface area contributed by atoms with Crippen molar-refractivity contribution in [3.05, 3.63) is 63.6 Å². The van der Waals surface area contributed by atoms with Crippen molar-refractivity contribution in [2.24, 2.45) is 0 Å². The molecule has 0 aromatic heterocycles. The van der Waals surface area contributed by atoms with Crippen molar-refractivity contribution < 1.29 is 13.6 Å². The highest BCUT2D eigenvalue weighted by atomic mass is 79.9. The predicted molar refractivity (Wildman–Crippen MR) is 82.2 cm³/mol. The van der Waals surface area contributed by atoms with Crippen molar-refractivity contribution in [3.63, 3.8) is 0 Å². The van der Waals surface area contributed by atoms with Crippen molar-refractivity contribution in [2.45, 2.75) is 19.8 Å². The lowest BCUT2D eigenvalue weighted by Crippen LogP contribution is -2.13. The Hall–Kier alpha value is -1.75.